The number of carbonyl (C=O) groups is 4. The fourth-order valence-corrected chi connectivity index (χ4v) is 6.29. The second kappa shape index (κ2) is 9.58. The summed E-state index contributed by atoms with van der Waals surface area (Å²) < 4.78 is 1.29. The average molecular weight is 643 g/mol. The summed E-state index contributed by atoms with van der Waals surface area (Å²) in [5, 5.41) is 0.732. The minimum atomic E-state index is -0.419. The monoisotopic (exact) mass is 640 g/mol. The van der Waals surface area contributed by atoms with E-state index in [1.54, 1.807) is 6.07 Å². The van der Waals surface area contributed by atoms with Gasteiger partial charge in [0.25, 0.3) is 23.6 Å². The maximum atomic E-state index is 13.5. The first kappa shape index (κ1) is 24.5. The Balaban J connectivity index is 1.97. The number of hydrogen-bond donors (Lipinski definition) is 0. The molecule has 2 aromatic rings. The van der Waals surface area contributed by atoms with E-state index in [0.717, 1.165) is 25.7 Å². The van der Waals surface area contributed by atoms with Crippen LogP contribution in [-0.4, -0.2) is 46.5 Å². The average Bonchev–Trinajstić information content (AvgIpc) is 2.78. The summed E-state index contributed by atoms with van der Waals surface area (Å²) in [6.07, 6.45) is 5.17. The highest BCUT2D eigenvalue weighted by molar-refractivity contribution is 9.13. The number of carbonyl (C=O) groups excluding carboxylic acids is 4. The summed E-state index contributed by atoms with van der Waals surface area (Å²) in [7, 11) is 0. The van der Waals surface area contributed by atoms with Crippen LogP contribution in [0.1, 0.15) is 93.8 Å². The van der Waals surface area contributed by atoms with Crippen LogP contribution in [0.25, 0.3) is 10.8 Å². The van der Waals surface area contributed by atoms with Crippen LogP contribution in [0.3, 0.4) is 0 Å². The SMILES string of the molecule is CCCCCN1C(=O)c2cc(Br)c3c4c(c(Br)c(Br)c(c24)C1=O)C(=O)N(CCCCC)C3=O. The summed E-state index contributed by atoms with van der Waals surface area (Å²) in [6, 6.07) is 1.62. The van der Waals surface area contributed by atoms with Crippen molar-refractivity contribution in [1.82, 2.24) is 9.80 Å². The summed E-state index contributed by atoms with van der Waals surface area (Å²) >= 11 is 10.5. The highest BCUT2D eigenvalue weighted by atomic mass is 79.9. The van der Waals surface area contributed by atoms with Gasteiger partial charge in [-0.1, -0.05) is 39.5 Å². The molecule has 33 heavy (non-hydrogen) atoms. The van der Waals surface area contributed by atoms with Crippen molar-refractivity contribution >= 4 is 82.2 Å². The molecule has 2 aliphatic rings. The van der Waals surface area contributed by atoms with Gasteiger partial charge in [0.1, 0.15) is 0 Å². The van der Waals surface area contributed by atoms with Crippen LogP contribution in [0.15, 0.2) is 19.5 Å². The Bertz CT molecular complexity index is 1220. The largest absolute Gasteiger partial charge is 0.274 e. The van der Waals surface area contributed by atoms with Gasteiger partial charge in [-0.2, -0.15) is 0 Å². The van der Waals surface area contributed by atoms with Crippen molar-refractivity contribution in [2.45, 2.75) is 52.4 Å². The molecule has 0 fully saturated rings. The molecule has 0 spiro atoms. The summed E-state index contributed by atoms with van der Waals surface area (Å²) in [5.74, 6) is -1.65. The second-order valence-corrected chi connectivity index (χ2v) is 10.8. The molecular weight excluding hydrogens is 620 g/mol. The molecule has 2 aromatic carbocycles. The lowest BCUT2D eigenvalue weighted by atomic mass is 9.85. The summed E-state index contributed by atoms with van der Waals surface area (Å²) in [6.45, 7) is 4.75. The molecule has 2 aliphatic heterocycles. The Morgan fingerprint density at radius 1 is 0.636 bits per heavy atom. The zero-order chi connectivity index (χ0) is 24.0. The summed E-state index contributed by atoms with van der Waals surface area (Å²) in [4.78, 5) is 56.3. The Hall–Kier alpha value is -1.58. The Morgan fingerprint density at radius 3 is 1.61 bits per heavy atom. The minimum Gasteiger partial charge on any atom is -0.274 e. The number of imide groups is 2. The Morgan fingerprint density at radius 2 is 1.09 bits per heavy atom. The third-order valence-electron chi connectivity index (χ3n) is 6.23. The van der Waals surface area contributed by atoms with E-state index in [-0.39, 0.29) is 0 Å². The van der Waals surface area contributed by atoms with Gasteiger partial charge >= 0.3 is 0 Å². The van der Waals surface area contributed by atoms with Gasteiger partial charge in [0.2, 0.25) is 0 Å². The van der Waals surface area contributed by atoms with Gasteiger partial charge in [0, 0.05) is 42.8 Å². The van der Waals surface area contributed by atoms with Crippen molar-refractivity contribution in [1.29, 1.82) is 0 Å². The van der Waals surface area contributed by atoms with E-state index in [0.29, 0.717) is 72.4 Å². The molecule has 0 aliphatic carbocycles. The normalized spacial score (nSPS) is 15.3. The first-order valence-electron chi connectivity index (χ1n) is 11.2. The van der Waals surface area contributed by atoms with Crippen LogP contribution in [0.2, 0.25) is 0 Å². The van der Waals surface area contributed by atoms with Gasteiger partial charge in [-0.05, 0) is 66.7 Å². The van der Waals surface area contributed by atoms with E-state index in [1.165, 1.54) is 9.80 Å². The van der Waals surface area contributed by atoms with Gasteiger partial charge in [0.05, 0.1) is 16.7 Å². The number of rotatable bonds is 8. The lowest BCUT2D eigenvalue weighted by Gasteiger charge is -2.34. The molecule has 2 heterocycles. The molecule has 0 saturated carbocycles. The number of hydrogen-bond acceptors (Lipinski definition) is 4. The van der Waals surface area contributed by atoms with Crippen molar-refractivity contribution in [3.05, 3.63) is 41.7 Å². The fourth-order valence-electron chi connectivity index (χ4n) is 4.56. The summed E-state index contributed by atoms with van der Waals surface area (Å²) in [5.41, 5.74) is 1.24. The van der Waals surface area contributed by atoms with Crippen LogP contribution in [0.5, 0.6) is 0 Å². The number of amides is 4. The van der Waals surface area contributed by atoms with Crippen LogP contribution < -0.4 is 0 Å². The van der Waals surface area contributed by atoms with E-state index in [1.807, 2.05) is 0 Å². The quantitative estimate of drug-likeness (QED) is 0.237. The van der Waals surface area contributed by atoms with E-state index in [4.69, 9.17) is 0 Å². The molecular formula is C24H23Br3N2O4. The van der Waals surface area contributed by atoms with Crippen LogP contribution >= 0.6 is 47.8 Å². The van der Waals surface area contributed by atoms with E-state index in [9.17, 15) is 19.2 Å². The van der Waals surface area contributed by atoms with Gasteiger partial charge in [-0.25, -0.2) is 0 Å². The number of benzene rings is 2. The topological polar surface area (TPSA) is 74.8 Å². The second-order valence-electron chi connectivity index (χ2n) is 8.35. The molecule has 0 unspecified atom stereocenters. The molecule has 4 amide bonds. The fraction of sp³-hybridized carbons (Fsp3) is 0.417. The highest BCUT2D eigenvalue weighted by Crippen LogP contribution is 2.47. The van der Waals surface area contributed by atoms with Crippen LogP contribution in [0, 0.1) is 0 Å². The first-order valence-corrected chi connectivity index (χ1v) is 13.5. The lowest BCUT2D eigenvalue weighted by Crippen LogP contribution is -2.44. The van der Waals surface area contributed by atoms with Gasteiger partial charge < -0.3 is 0 Å². The maximum absolute atomic E-state index is 13.5. The van der Waals surface area contributed by atoms with E-state index >= 15 is 0 Å². The molecule has 4 rings (SSSR count). The molecule has 174 valence electrons. The third kappa shape index (κ3) is 3.80. The zero-order valence-corrected chi connectivity index (χ0v) is 23.2. The van der Waals surface area contributed by atoms with E-state index in [2.05, 4.69) is 61.6 Å². The maximum Gasteiger partial charge on any atom is 0.262 e. The zero-order valence-electron chi connectivity index (χ0n) is 18.4. The molecule has 9 heteroatoms. The van der Waals surface area contributed by atoms with Gasteiger partial charge in [-0.15, -0.1) is 0 Å². The number of unbranched alkanes of at least 4 members (excludes halogenated alkanes) is 4. The molecule has 0 aromatic heterocycles. The van der Waals surface area contributed by atoms with Crippen molar-refractivity contribution < 1.29 is 19.2 Å². The highest BCUT2D eigenvalue weighted by Gasteiger charge is 2.43. The van der Waals surface area contributed by atoms with Crippen LogP contribution in [-0.2, 0) is 0 Å². The predicted molar refractivity (Wildman–Crippen MR) is 137 cm³/mol. The minimum absolute atomic E-state index is 0.300. The molecule has 0 radical (unpaired) electrons. The van der Waals surface area contributed by atoms with Crippen molar-refractivity contribution in [2.24, 2.45) is 0 Å². The third-order valence-corrected chi connectivity index (χ3v) is 8.98. The van der Waals surface area contributed by atoms with Gasteiger partial charge in [0.15, 0.2) is 0 Å². The smallest absolute Gasteiger partial charge is 0.262 e. The van der Waals surface area contributed by atoms with Crippen molar-refractivity contribution in [3.8, 4) is 0 Å². The Labute approximate surface area is 217 Å². The van der Waals surface area contributed by atoms with Gasteiger partial charge in [-0.3, -0.25) is 29.0 Å². The lowest BCUT2D eigenvalue weighted by molar-refractivity contribution is 0.0584. The predicted octanol–water partition coefficient (Wildman–Crippen LogP) is 6.70. The number of halogens is 3. The molecule has 0 N–H and O–H groups in total. The molecule has 6 nitrogen and oxygen atoms in total. The molecule has 0 saturated heterocycles. The molecule has 0 bridgehead atoms. The van der Waals surface area contributed by atoms with Crippen molar-refractivity contribution in [3.63, 3.8) is 0 Å². The Kier molecular flexibility index (Phi) is 7.13. The first-order chi connectivity index (χ1) is 15.8. The molecule has 0 atom stereocenters. The van der Waals surface area contributed by atoms with Crippen LogP contribution in [0.4, 0.5) is 0 Å². The number of nitrogens with zero attached hydrogens (tertiary/aromatic N) is 2. The van der Waals surface area contributed by atoms with Crippen molar-refractivity contribution in [2.75, 3.05) is 13.1 Å². The standard InChI is InChI=1S/C24H23Br3N2O4/c1-3-5-7-9-28-21(30)12-11-13(25)15-16-14(12)17(23(28)32)19(26)20(27)18(16)24(33)29(22(15)31)10-8-6-4-2/h11H,3-10H2,1-2H3. The van der Waals surface area contributed by atoms with E-state index < -0.39 is 23.6 Å².